The second-order valence-electron chi connectivity index (χ2n) is 6.24. The summed E-state index contributed by atoms with van der Waals surface area (Å²) in [5, 5.41) is 0. The zero-order chi connectivity index (χ0) is 18.1. The fourth-order valence-corrected chi connectivity index (χ4v) is 3.21. The molecular formula is C19H18F2N2O3. The van der Waals surface area contributed by atoms with Crippen molar-refractivity contribution < 1.29 is 23.0 Å². The lowest BCUT2D eigenvalue weighted by atomic mass is 10.1. The van der Waals surface area contributed by atoms with Crippen LogP contribution in [-0.4, -0.2) is 50.2 Å². The first-order valence-corrected chi connectivity index (χ1v) is 8.51. The van der Waals surface area contributed by atoms with Gasteiger partial charge in [-0.15, -0.1) is 0 Å². The molecule has 0 radical (unpaired) electrons. The van der Waals surface area contributed by atoms with Gasteiger partial charge in [0.2, 0.25) is 0 Å². The number of carbonyl (C=O) groups is 1. The molecule has 1 amide bonds. The summed E-state index contributed by atoms with van der Waals surface area (Å²) < 4.78 is 37.5. The summed E-state index contributed by atoms with van der Waals surface area (Å²) in [6.45, 7) is 3.40. The normalized spacial score (nSPS) is 16.5. The molecule has 0 aromatic heterocycles. The molecule has 7 heteroatoms. The molecule has 0 aliphatic carbocycles. The van der Waals surface area contributed by atoms with Crippen molar-refractivity contribution in [2.45, 2.75) is 0 Å². The van der Waals surface area contributed by atoms with Crippen LogP contribution in [0, 0.1) is 11.6 Å². The van der Waals surface area contributed by atoms with Crippen LogP contribution in [0.4, 0.5) is 14.5 Å². The molecule has 1 fully saturated rings. The molecule has 2 aromatic carbocycles. The van der Waals surface area contributed by atoms with Crippen molar-refractivity contribution in [3.8, 4) is 11.5 Å². The average molecular weight is 360 g/mol. The van der Waals surface area contributed by atoms with Crippen molar-refractivity contribution >= 4 is 11.6 Å². The highest BCUT2D eigenvalue weighted by Gasteiger charge is 2.24. The maximum atomic E-state index is 13.4. The number of hydrogen-bond acceptors (Lipinski definition) is 4. The number of piperazine rings is 1. The number of hydrogen-bond donors (Lipinski definition) is 0. The van der Waals surface area contributed by atoms with Crippen LogP contribution in [0.5, 0.6) is 11.5 Å². The van der Waals surface area contributed by atoms with Gasteiger partial charge in [-0.2, -0.15) is 0 Å². The Morgan fingerprint density at radius 3 is 2.31 bits per heavy atom. The van der Waals surface area contributed by atoms with E-state index in [1.807, 2.05) is 18.2 Å². The Bertz CT molecular complexity index is 836. The molecule has 0 bridgehead atoms. The predicted octanol–water partition coefficient (Wildman–Crippen LogP) is 2.70. The SMILES string of the molecule is O=C(c1ccc(F)c(F)c1)N1CCN(c2ccc3c(c2)OCCO3)CC1. The van der Waals surface area contributed by atoms with Crippen molar-refractivity contribution in [2.24, 2.45) is 0 Å². The van der Waals surface area contributed by atoms with E-state index in [2.05, 4.69) is 4.90 Å². The number of anilines is 1. The highest BCUT2D eigenvalue weighted by atomic mass is 19.2. The second kappa shape index (κ2) is 6.82. The van der Waals surface area contributed by atoms with Gasteiger partial charge in [0.25, 0.3) is 5.91 Å². The maximum absolute atomic E-state index is 13.4. The molecule has 2 heterocycles. The van der Waals surface area contributed by atoms with Gasteiger partial charge in [0.05, 0.1) is 0 Å². The highest BCUT2D eigenvalue weighted by molar-refractivity contribution is 5.94. The number of rotatable bonds is 2. The third-order valence-electron chi connectivity index (χ3n) is 4.62. The van der Waals surface area contributed by atoms with Crippen molar-refractivity contribution in [2.75, 3.05) is 44.3 Å². The Labute approximate surface area is 149 Å². The summed E-state index contributed by atoms with van der Waals surface area (Å²) in [6.07, 6.45) is 0. The summed E-state index contributed by atoms with van der Waals surface area (Å²) in [5.74, 6) is -0.775. The van der Waals surface area contributed by atoms with Gasteiger partial charge in [-0.25, -0.2) is 8.78 Å². The third kappa shape index (κ3) is 3.16. The first kappa shape index (κ1) is 16.6. The number of fused-ring (bicyclic) bond motifs is 1. The first-order valence-electron chi connectivity index (χ1n) is 8.51. The number of nitrogens with zero attached hydrogens (tertiary/aromatic N) is 2. The third-order valence-corrected chi connectivity index (χ3v) is 4.62. The van der Waals surface area contributed by atoms with Crippen molar-refractivity contribution in [1.29, 1.82) is 0 Å². The first-order chi connectivity index (χ1) is 12.6. The lowest BCUT2D eigenvalue weighted by Gasteiger charge is -2.36. The van der Waals surface area contributed by atoms with Gasteiger partial charge in [0.1, 0.15) is 13.2 Å². The smallest absolute Gasteiger partial charge is 0.254 e. The summed E-state index contributed by atoms with van der Waals surface area (Å²) in [5.41, 5.74) is 1.17. The molecule has 2 aliphatic rings. The van der Waals surface area contributed by atoms with Crippen molar-refractivity contribution in [1.82, 2.24) is 4.90 Å². The van der Waals surface area contributed by atoms with Gasteiger partial charge in [-0.1, -0.05) is 0 Å². The summed E-state index contributed by atoms with van der Waals surface area (Å²) in [4.78, 5) is 16.3. The summed E-state index contributed by atoms with van der Waals surface area (Å²) in [7, 11) is 0. The molecule has 0 atom stereocenters. The molecule has 0 N–H and O–H groups in total. The Morgan fingerprint density at radius 1 is 0.846 bits per heavy atom. The van der Waals surface area contributed by atoms with E-state index in [4.69, 9.17) is 9.47 Å². The quantitative estimate of drug-likeness (QED) is 0.826. The van der Waals surface area contributed by atoms with Crippen LogP contribution >= 0.6 is 0 Å². The molecule has 136 valence electrons. The van der Waals surface area contributed by atoms with E-state index < -0.39 is 11.6 Å². The van der Waals surface area contributed by atoms with E-state index in [1.54, 1.807) is 4.90 Å². The standard InChI is InChI=1S/C19H18F2N2O3/c20-15-3-1-13(11-16(15)21)19(24)23-7-5-22(6-8-23)14-2-4-17-18(12-14)26-10-9-25-17/h1-4,11-12H,5-10H2. The summed E-state index contributed by atoms with van der Waals surface area (Å²) in [6, 6.07) is 9.05. The van der Waals surface area contributed by atoms with Crippen LogP contribution < -0.4 is 14.4 Å². The largest absolute Gasteiger partial charge is 0.486 e. The van der Waals surface area contributed by atoms with Crippen molar-refractivity contribution in [3.05, 3.63) is 53.6 Å². The number of carbonyl (C=O) groups excluding carboxylic acids is 1. The van der Waals surface area contributed by atoms with E-state index >= 15 is 0 Å². The number of benzene rings is 2. The van der Waals surface area contributed by atoms with Crippen LogP contribution in [0.15, 0.2) is 36.4 Å². The predicted molar refractivity (Wildman–Crippen MR) is 91.9 cm³/mol. The fourth-order valence-electron chi connectivity index (χ4n) is 3.21. The van der Waals surface area contributed by atoms with Crippen LogP contribution in [-0.2, 0) is 0 Å². The van der Waals surface area contributed by atoms with Gasteiger partial charge in [-0.3, -0.25) is 4.79 Å². The van der Waals surface area contributed by atoms with Gasteiger partial charge in [0, 0.05) is 43.5 Å². The number of halogens is 2. The highest BCUT2D eigenvalue weighted by Crippen LogP contribution is 2.34. The molecule has 0 spiro atoms. The number of ether oxygens (including phenoxy) is 2. The minimum absolute atomic E-state index is 0.164. The summed E-state index contributed by atoms with van der Waals surface area (Å²) >= 11 is 0. The lowest BCUT2D eigenvalue weighted by Crippen LogP contribution is -2.48. The zero-order valence-electron chi connectivity index (χ0n) is 14.1. The molecule has 0 saturated carbocycles. The Morgan fingerprint density at radius 2 is 1.58 bits per heavy atom. The number of amides is 1. The monoisotopic (exact) mass is 360 g/mol. The maximum Gasteiger partial charge on any atom is 0.254 e. The van der Waals surface area contributed by atoms with Crippen molar-refractivity contribution in [3.63, 3.8) is 0 Å². The van der Waals surface area contributed by atoms with E-state index in [-0.39, 0.29) is 11.5 Å². The fraction of sp³-hybridized carbons (Fsp3) is 0.316. The van der Waals surface area contributed by atoms with Crippen LogP contribution in [0.25, 0.3) is 0 Å². The Balaban J connectivity index is 1.42. The second-order valence-corrected chi connectivity index (χ2v) is 6.24. The van der Waals surface area contributed by atoms with E-state index in [9.17, 15) is 13.6 Å². The van der Waals surface area contributed by atoms with E-state index in [0.29, 0.717) is 39.4 Å². The van der Waals surface area contributed by atoms with Gasteiger partial charge in [-0.05, 0) is 30.3 Å². The molecule has 0 unspecified atom stereocenters. The Hall–Kier alpha value is -2.83. The van der Waals surface area contributed by atoms with Crippen LogP contribution in [0.2, 0.25) is 0 Å². The molecule has 5 nitrogen and oxygen atoms in total. The molecule has 2 aliphatic heterocycles. The minimum atomic E-state index is -1.01. The van der Waals surface area contributed by atoms with Crippen LogP contribution in [0.1, 0.15) is 10.4 Å². The van der Waals surface area contributed by atoms with Crippen LogP contribution in [0.3, 0.4) is 0 Å². The Kier molecular flexibility index (Phi) is 4.36. The average Bonchev–Trinajstić information content (AvgIpc) is 2.69. The van der Waals surface area contributed by atoms with Gasteiger partial charge >= 0.3 is 0 Å². The molecule has 1 saturated heterocycles. The zero-order valence-corrected chi connectivity index (χ0v) is 14.1. The minimum Gasteiger partial charge on any atom is -0.486 e. The molecule has 26 heavy (non-hydrogen) atoms. The van der Waals surface area contributed by atoms with E-state index in [1.165, 1.54) is 6.07 Å². The van der Waals surface area contributed by atoms with E-state index in [0.717, 1.165) is 29.3 Å². The molecule has 2 aromatic rings. The van der Waals surface area contributed by atoms with Gasteiger partial charge in [0.15, 0.2) is 23.1 Å². The lowest BCUT2D eigenvalue weighted by molar-refractivity contribution is 0.0746. The topological polar surface area (TPSA) is 42.0 Å². The molecule has 4 rings (SSSR count). The van der Waals surface area contributed by atoms with Gasteiger partial charge < -0.3 is 19.3 Å². The molecular weight excluding hydrogens is 342 g/mol.